The number of thioether (sulfide) groups is 1. The summed E-state index contributed by atoms with van der Waals surface area (Å²) >= 11 is 5.11. The van der Waals surface area contributed by atoms with Crippen LogP contribution in [0.4, 0.5) is 0 Å². The average molecular weight is 343 g/mol. The van der Waals surface area contributed by atoms with E-state index in [0.29, 0.717) is 24.1 Å². The van der Waals surface area contributed by atoms with Gasteiger partial charge >= 0.3 is 0 Å². The van der Waals surface area contributed by atoms with E-state index in [0.717, 1.165) is 28.8 Å². The summed E-state index contributed by atoms with van der Waals surface area (Å²) in [5, 5.41) is 0. The second kappa shape index (κ2) is 8.08. The Morgan fingerprint density at radius 3 is 3.00 bits per heavy atom. The molecule has 0 amide bonds. The van der Waals surface area contributed by atoms with Gasteiger partial charge in [-0.3, -0.25) is 4.79 Å². The van der Waals surface area contributed by atoms with Crippen LogP contribution in [0.15, 0.2) is 33.6 Å². The zero-order chi connectivity index (χ0) is 13.5. The topological polar surface area (TPSA) is 26.3 Å². The van der Waals surface area contributed by atoms with Crippen LogP contribution in [0.25, 0.3) is 0 Å². The number of halogens is 1. The minimum Gasteiger partial charge on any atom is -0.378 e. The third-order valence-corrected chi connectivity index (χ3v) is 5.32. The first-order valence-corrected chi connectivity index (χ1v) is 8.54. The van der Waals surface area contributed by atoms with E-state index in [-0.39, 0.29) is 0 Å². The second-order valence-corrected chi connectivity index (χ2v) is 6.66. The van der Waals surface area contributed by atoms with Crippen molar-refractivity contribution in [3.05, 3.63) is 28.7 Å². The predicted octanol–water partition coefficient (Wildman–Crippen LogP) is 4.46. The highest BCUT2D eigenvalue weighted by Crippen LogP contribution is 2.27. The van der Waals surface area contributed by atoms with Gasteiger partial charge in [0.15, 0.2) is 0 Å². The molecular weight excluding hydrogens is 324 g/mol. The molecule has 0 radical (unpaired) electrons. The maximum Gasteiger partial charge on any atom is 0.143 e. The van der Waals surface area contributed by atoms with Crippen LogP contribution in [-0.2, 0) is 9.53 Å². The van der Waals surface area contributed by atoms with E-state index >= 15 is 0 Å². The maximum atomic E-state index is 11.8. The Bertz CT molecular complexity index is 416. The number of carbonyl (C=O) groups excluding carboxylic acids is 1. The molecule has 0 aliphatic carbocycles. The number of hydrogen-bond acceptors (Lipinski definition) is 3. The summed E-state index contributed by atoms with van der Waals surface area (Å²) in [5.41, 5.74) is 0. The summed E-state index contributed by atoms with van der Waals surface area (Å²) in [6.07, 6.45) is 5.42. The van der Waals surface area contributed by atoms with Gasteiger partial charge in [-0.2, -0.15) is 0 Å². The van der Waals surface area contributed by atoms with Gasteiger partial charge in [-0.05, 0) is 53.7 Å². The number of benzene rings is 1. The molecule has 1 unspecified atom stereocenters. The van der Waals surface area contributed by atoms with Gasteiger partial charge in [0.05, 0.1) is 11.9 Å². The van der Waals surface area contributed by atoms with Crippen molar-refractivity contribution in [2.24, 2.45) is 0 Å². The molecule has 19 heavy (non-hydrogen) atoms. The summed E-state index contributed by atoms with van der Waals surface area (Å²) < 4.78 is 6.62. The van der Waals surface area contributed by atoms with Crippen LogP contribution in [0.1, 0.15) is 32.1 Å². The first-order valence-electron chi connectivity index (χ1n) is 6.76. The van der Waals surface area contributed by atoms with Gasteiger partial charge in [0.2, 0.25) is 0 Å². The Morgan fingerprint density at radius 2 is 2.26 bits per heavy atom. The Balaban J connectivity index is 1.63. The fourth-order valence-corrected chi connectivity index (χ4v) is 3.66. The molecule has 104 valence electrons. The van der Waals surface area contributed by atoms with Crippen molar-refractivity contribution in [3.8, 4) is 0 Å². The molecule has 2 rings (SSSR count). The molecule has 1 saturated heterocycles. The fraction of sp³-hybridized carbons (Fsp3) is 0.533. The van der Waals surface area contributed by atoms with Gasteiger partial charge in [0, 0.05) is 22.4 Å². The molecule has 2 nitrogen and oxygen atoms in total. The van der Waals surface area contributed by atoms with Crippen molar-refractivity contribution < 1.29 is 9.53 Å². The lowest BCUT2D eigenvalue weighted by molar-refractivity contribution is -0.116. The molecule has 1 aliphatic heterocycles. The smallest absolute Gasteiger partial charge is 0.143 e. The van der Waals surface area contributed by atoms with Crippen molar-refractivity contribution >= 4 is 33.5 Å². The van der Waals surface area contributed by atoms with Crippen molar-refractivity contribution in [1.29, 1.82) is 0 Å². The number of Topliss-reactive ketones (excluding diaryl/α,β-unsaturated/α-hetero) is 1. The number of ketones is 1. The molecule has 1 aromatic carbocycles. The number of hydrogen-bond donors (Lipinski definition) is 0. The average Bonchev–Trinajstić information content (AvgIpc) is 2.91. The predicted molar refractivity (Wildman–Crippen MR) is 82.7 cm³/mol. The molecule has 0 spiro atoms. The molecule has 1 aliphatic rings. The highest BCUT2D eigenvalue weighted by atomic mass is 79.9. The lowest BCUT2D eigenvalue weighted by Gasteiger charge is -2.08. The van der Waals surface area contributed by atoms with E-state index in [1.54, 1.807) is 11.8 Å². The summed E-state index contributed by atoms with van der Waals surface area (Å²) in [6, 6.07) is 8.02. The fourth-order valence-electron chi connectivity index (χ4n) is 2.19. The monoisotopic (exact) mass is 342 g/mol. The van der Waals surface area contributed by atoms with Gasteiger partial charge < -0.3 is 4.74 Å². The molecular formula is C15H19BrO2S. The standard InChI is InChI=1S/C15H19BrO2S/c16-14-8-1-2-9-15(14)19-11-12(17)5-3-6-13-7-4-10-18-13/h1-2,8-9,13H,3-7,10-11H2. The van der Waals surface area contributed by atoms with Crippen LogP contribution >= 0.6 is 27.7 Å². The van der Waals surface area contributed by atoms with Gasteiger partial charge in [0.25, 0.3) is 0 Å². The van der Waals surface area contributed by atoms with E-state index in [9.17, 15) is 4.79 Å². The van der Waals surface area contributed by atoms with Crippen LogP contribution < -0.4 is 0 Å². The first kappa shape index (κ1) is 15.1. The van der Waals surface area contributed by atoms with Gasteiger partial charge in [-0.15, -0.1) is 11.8 Å². The van der Waals surface area contributed by atoms with Crippen LogP contribution in [0.2, 0.25) is 0 Å². The summed E-state index contributed by atoms with van der Waals surface area (Å²) in [6.45, 7) is 0.899. The van der Waals surface area contributed by atoms with Crippen molar-refractivity contribution in [1.82, 2.24) is 0 Å². The SMILES string of the molecule is O=C(CCCC1CCCO1)CSc1ccccc1Br. The van der Waals surface area contributed by atoms with Gasteiger partial charge in [-0.25, -0.2) is 0 Å². The number of rotatable bonds is 7. The highest BCUT2D eigenvalue weighted by molar-refractivity contribution is 9.10. The third-order valence-electron chi connectivity index (χ3n) is 3.23. The minimum atomic E-state index is 0.332. The van der Waals surface area contributed by atoms with E-state index in [1.807, 2.05) is 24.3 Å². The van der Waals surface area contributed by atoms with Crippen LogP contribution in [0, 0.1) is 0 Å². The Morgan fingerprint density at radius 1 is 1.42 bits per heavy atom. The highest BCUT2D eigenvalue weighted by Gasteiger charge is 2.15. The van der Waals surface area contributed by atoms with Crippen molar-refractivity contribution in [3.63, 3.8) is 0 Å². The quantitative estimate of drug-likeness (QED) is 0.684. The summed E-state index contributed by atoms with van der Waals surface area (Å²) in [4.78, 5) is 13.0. The summed E-state index contributed by atoms with van der Waals surface area (Å²) in [7, 11) is 0. The first-order chi connectivity index (χ1) is 9.25. The number of ether oxygens (including phenoxy) is 1. The molecule has 1 fully saturated rings. The zero-order valence-corrected chi connectivity index (χ0v) is 13.3. The largest absolute Gasteiger partial charge is 0.378 e. The maximum absolute atomic E-state index is 11.8. The molecule has 1 heterocycles. The van der Waals surface area contributed by atoms with E-state index in [1.165, 1.54) is 12.8 Å². The van der Waals surface area contributed by atoms with Crippen LogP contribution in [-0.4, -0.2) is 24.2 Å². The molecule has 0 saturated carbocycles. The van der Waals surface area contributed by atoms with Gasteiger partial charge in [0.1, 0.15) is 5.78 Å². The molecule has 1 aromatic rings. The van der Waals surface area contributed by atoms with Crippen LogP contribution in [0.3, 0.4) is 0 Å². The van der Waals surface area contributed by atoms with Crippen molar-refractivity contribution in [2.75, 3.05) is 12.4 Å². The Kier molecular flexibility index (Phi) is 6.41. The molecule has 1 atom stereocenters. The third kappa shape index (κ3) is 5.28. The van der Waals surface area contributed by atoms with Crippen LogP contribution in [0.5, 0.6) is 0 Å². The van der Waals surface area contributed by atoms with E-state index in [4.69, 9.17) is 4.74 Å². The van der Waals surface area contributed by atoms with Gasteiger partial charge in [-0.1, -0.05) is 12.1 Å². The molecule has 0 N–H and O–H groups in total. The number of carbonyl (C=O) groups is 1. The lowest BCUT2D eigenvalue weighted by atomic mass is 10.1. The van der Waals surface area contributed by atoms with Crippen molar-refractivity contribution in [2.45, 2.75) is 43.1 Å². The molecule has 4 heteroatoms. The normalized spacial score (nSPS) is 18.7. The Hall–Kier alpha value is -0.320. The lowest BCUT2D eigenvalue weighted by Crippen LogP contribution is -2.07. The molecule has 0 bridgehead atoms. The van der Waals surface area contributed by atoms with E-state index in [2.05, 4.69) is 15.9 Å². The van der Waals surface area contributed by atoms with E-state index < -0.39 is 0 Å². The minimum absolute atomic E-state index is 0.332. The second-order valence-electron chi connectivity index (χ2n) is 4.79. The molecule has 0 aromatic heterocycles. The zero-order valence-electron chi connectivity index (χ0n) is 10.9. The summed E-state index contributed by atoms with van der Waals surface area (Å²) in [5.74, 6) is 0.896. The Labute approximate surface area is 127 Å².